The minimum Gasteiger partial charge on any atom is -0.340 e. The van der Waals surface area contributed by atoms with Crippen LogP contribution in [-0.4, -0.2) is 54.3 Å². The molecule has 0 radical (unpaired) electrons. The summed E-state index contributed by atoms with van der Waals surface area (Å²) >= 11 is 5.72. The van der Waals surface area contributed by atoms with E-state index in [9.17, 15) is 4.79 Å². The zero-order chi connectivity index (χ0) is 11.4. The van der Waals surface area contributed by atoms with Gasteiger partial charge in [0.25, 0.3) is 0 Å². The zero-order valence-electron chi connectivity index (χ0n) is 9.83. The van der Waals surface area contributed by atoms with E-state index in [1.807, 2.05) is 0 Å². The summed E-state index contributed by atoms with van der Waals surface area (Å²) in [4.78, 5) is 16.5. The third kappa shape index (κ3) is 2.89. The molecule has 2 rings (SSSR count). The van der Waals surface area contributed by atoms with Gasteiger partial charge in [0, 0.05) is 44.5 Å². The summed E-state index contributed by atoms with van der Waals surface area (Å²) in [5, 5.41) is 0. The smallest absolute Gasteiger partial charge is 0.225 e. The van der Waals surface area contributed by atoms with Gasteiger partial charge in [-0.2, -0.15) is 0 Å². The van der Waals surface area contributed by atoms with Gasteiger partial charge in [-0.15, -0.1) is 11.6 Å². The maximum Gasteiger partial charge on any atom is 0.225 e. The summed E-state index contributed by atoms with van der Waals surface area (Å²) in [7, 11) is 0. The Morgan fingerprint density at radius 2 is 1.75 bits per heavy atom. The molecule has 1 amide bonds. The molecule has 3 nitrogen and oxygen atoms in total. The number of carbonyl (C=O) groups excluding carboxylic acids is 1. The number of hydrogen-bond donors (Lipinski definition) is 0. The Labute approximate surface area is 103 Å². The highest BCUT2D eigenvalue weighted by Crippen LogP contribution is 2.26. The molecule has 0 aromatic carbocycles. The Morgan fingerprint density at radius 1 is 1.12 bits per heavy atom. The third-order valence-electron chi connectivity index (χ3n) is 3.79. The van der Waals surface area contributed by atoms with Crippen LogP contribution in [0.1, 0.15) is 25.7 Å². The lowest BCUT2D eigenvalue weighted by molar-refractivity contribution is -0.137. The van der Waals surface area contributed by atoms with E-state index >= 15 is 0 Å². The molecular formula is C12H21ClN2O. The van der Waals surface area contributed by atoms with Gasteiger partial charge in [-0.25, -0.2) is 0 Å². The van der Waals surface area contributed by atoms with Crippen molar-refractivity contribution >= 4 is 17.5 Å². The predicted molar refractivity (Wildman–Crippen MR) is 65.7 cm³/mol. The maximum atomic E-state index is 12.1. The van der Waals surface area contributed by atoms with E-state index in [0.29, 0.717) is 17.7 Å². The molecule has 1 aliphatic carbocycles. The summed E-state index contributed by atoms with van der Waals surface area (Å²) in [6.07, 6.45) is 4.70. The normalized spacial score (nSPS) is 23.9. The maximum absolute atomic E-state index is 12.1. The molecule has 0 unspecified atom stereocenters. The first-order valence-electron chi connectivity index (χ1n) is 6.38. The zero-order valence-corrected chi connectivity index (χ0v) is 10.6. The fourth-order valence-corrected chi connectivity index (χ4v) is 2.98. The number of alkyl halides is 1. The second-order valence-electron chi connectivity index (χ2n) is 4.84. The highest BCUT2D eigenvalue weighted by Gasteiger charge is 2.29. The number of rotatable bonds is 3. The van der Waals surface area contributed by atoms with Gasteiger partial charge in [-0.3, -0.25) is 9.69 Å². The summed E-state index contributed by atoms with van der Waals surface area (Å²) in [6.45, 7) is 4.72. The lowest BCUT2D eigenvalue weighted by Gasteiger charge is -2.35. The first-order valence-corrected chi connectivity index (χ1v) is 6.92. The molecule has 0 atom stereocenters. The van der Waals surface area contributed by atoms with Crippen molar-refractivity contribution in [2.45, 2.75) is 25.7 Å². The average Bonchev–Trinajstić information content (AvgIpc) is 2.83. The van der Waals surface area contributed by atoms with Crippen molar-refractivity contribution in [1.82, 2.24) is 9.80 Å². The molecule has 0 aromatic rings. The van der Waals surface area contributed by atoms with E-state index in [0.717, 1.165) is 45.6 Å². The van der Waals surface area contributed by atoms with Crippen LogP contribution in [0.3, 0.4) is 0 Å². The standard InChI is InChI=1S/C12H21ClN2O/c13-5-6-14-7-9-15(10-8-14)12(16)11-3-1-2-4-11/h11H,1-10H2. The molecule has 92 valence electrons. The molecule has 1 aliphatic heterocycles. The molecule has 1 heterocycles. The molecular weight excluding hydrogens is 224 g/mol. The van der Waals surface area contributed by atoms with Crippen molar-refractivity contribution in [2.75, 3.05) is 38.6 Å². The van der Waals surface area contributed by atoms with Crippen LogP contribution in [0.2, 0.25) is 0 Å². The van der Waals surface area contributed by atoms with Crippen LogP contribution in [0, 0.1) is 5.92 Å². The van der Waals surface area contributed by atoms with Gasteiger partial charge >= 0.3 is 0 Å². The lowest BCUT2D eigenvalue weighted by atomic mass is 10.1. The first-order chi connectivity index (χ1) is 7.81. The first kappa shape index (κ1) is 12.2. The predicted octanol–water partition coefficient (Wildman–Crippen LogP) is 1.56. The molecule has 1 saturated heterocycles. The van der Waals surface area contributed by atoms with Crippen LogP contribution >= 0.6 is 11.6 Å². The van der Waals surface area contributed by atoms with Gasteiger partial charge < -0.3 is 4.90 Å². The minimum atomic E-state index is 0.333. The topological polar surface area (TPSA) is 23.6 Å². The number of amides is 1. The van der Waals surface area contributed by atoms with Gasteiger partial charge in [-0.1, -0.05) is 12.8 Å². The fraction of sp³-hybridized carbons (Fsp3) is 0.917. The number of hydrogen-bond acceptors (Lipinski definition) is 2. The van der Waals surface area contributed by atoms with Crippen LogP contribution in [0.5, 0.6) is 0 Å². The lowest BCUT2D eigenvalue weighted by Crippen LogP contribution is -2.50. The highest BCUT2D eigenvalue weighted by atomic mass is 35.5. The van der Waals surface area contributed by atoms with Crippen LogP contribution in [0.25, 0.3) is 0 Å². The molecule has 0 N–H and O–H groups in total. The van der Waals surface area contributed by atoms with E-state index in [2.05, 4.69) is 9.80 Å². The van der Waals surface area contributed by atoms with Crippen LogP contribution in [0.15, 0.2) is 0 Å². The van der Waals surface area contributed by atoms with Crippen LogP contribution in [0.4, 0.5) is 0 Å². The Balaban J connectivity index is 1.77. The van der Waals surface area contributed by atoms with Crippen LogP contribution < -0.4 is 0 Å². The molecule has 2 fully saturated rings. The summed E-state index contributed by atoms with van der Waals surface area (Å²) in [5.74, 6) is 1.43. The number of halogens is 1. The van der Waals surface area contributed by atoms with Crippen molar-refractivity contribution in [2.24, 2.45) is 5.92 Å². The van der Waals surface area contributed by atoms with Crippen LogP contribution in [-0.2, 0) is 4.79 Å². The average molecular weight is 245 g/mol. The molecule has 0 aromatic heterocycles. The van der Waals surface area contributed by atoms with Crippen molar-refractivity contribution in [3.8, 4) is 0 Å². The Morgan fingerprint density at radius 3 is 2.31 bits per heavy atom. The fourth-order valence-electron chi connectivity index (χ4n) is 2.74. The molecule has 4 heteroatoms. The molecule has 1 saturated carbocycles. The van der Waals surface area contributed by atoms with E-state index in [1.165, 1.54) is 12.8 Å². The second-order valence-corrected chi connectivity index (χ2v) is 5.22. The molecule has 16 heavy (non-hydrogen) atoms. The second kappa shape index (κ2) is 5.87. The van der Waals surface area contributed by atoms with Crippen molar-refractivity contribution < 1.29 is 4.79 Å². The highest BCUT2D eigenvalue weighted by molar-refractivity contribution is 6.18. The van der Waals surface area contributed by atoms with Crippen molar-refractivity contribution in [1.29, 1.82) is 0 Å². The van der Waals surface area contributed by atoms with Gasteiger partial charge in [0.1, 0.15) is 0 Å². The van der Waals surface area contributed by atoms with E-state index in [-0.39, 0.29) is 0 Å². The number of piperazine rings is 1. The quantitative estimate of drug-likeness (QED) is 0.704. The molecule has 0 bridgehead atoms. The Hall–Kier alpha value is -0.280. The largest absolute Gasteiger partial charge is 0.340 e. The Kier molecular flexibility index (Phi) is 4.47. The van der Waals surface area contributed by atoms with Gasteiger partial charge in [-0.05, 0) is 12.8 Å². The van der Waals surface area contributed by atoms with E-state index in [1.54, 1.807) is 0 Å². The summed E-state index contributed by atoms with van der Waals surface area (Å²) < 4.78 is 0. The number of carbonyl (C=O) groups is 1. The van der Waals surface area contributed by atoms with Crippen molar-refractivity contribution in [3.05, 3.63) is 0 Å². The molecule has 2 aliphatic rings. The minimum absolute atomic E-state index is 0.333. The third-order valence-corrected chi connectivity index (χ3v) is 3.96. The van der Waals surface area contributed by atoms with Crippen molar-refractivity contribution in [3.63, 3.8) is 0 Å². The van der Waals surface area contributed by atoms with Gasteiger partial charge in [0.05, 0.1) is 0 Å². The van der Waals surface area contributed by atoms with E-state index in [4.69, 9.17) is 11.6 Å². The SMILES string of the molecule is O=C(C1CCCC1)N1CCN(CCCl)CC1. The summed E-state index contributed by atoms with van der Waals surface area (Å²) in [6, 6.07) is 0. The van der Waals surface area contributed by atoms with E-state index < -0.39 is 0 Å². The number of nitrogens with zero attached hydrogens (tertiary/aromatic N) is 2. The van der Waals surface area contributed by atoms with Gasteiger partial charge in [0.15, 0.2) is 0 Å². The monoisotopic (exact) mass is 244 g/mol. The Bertz CT molecular complexity index is 233. The van der Waals surface area contributed by atoms with Gasteiger partial charge in [0.2, 0.25) is 5.91 Å². The summed E-state index contributed by atoms with van der Waals surface area (Å²) in [5.41, 5.74) is 0. The molecule has 0 spiro atoms.